The van der Waals surface area contributed by atoms with Gasteiger partial charge in [0.25, 0.3) is 0 Å². The third-order valence-electron chi connectivity index (χ3n) is 4.48. The van der Waals surface area contributed by atoms with E-state index in [9.17, 15) is 13.2 Å². The van der Waals surface area contributed by atoms with Crippen LogP contribution in [0, 0.1) is 5.92 Å². The molecule has 1 amide bonds. The average Bonchev–Trinajstić information content (AvgIpc) is 3.33. The van der Waals surface area contributed by atoms with Gasteiger partial charge in [-0.1, -0.05) is 0 Å². The van der Waals surface area contributed by atoms with E-state index in [1.165, 1.54) is 23.7 Å². The fourth-order valence-corrected chi connectivity index (χ4v) is 4.83. The van der Waals surface area contributed by atoms with Crippen molar-refractivity contribution in [3.8, 4) is 0 Å². The van der Waals surface area contributed by atoms with Crippen molar-refractivity contribution in [3.05, 3.63) is 29.0 Å². The molecular formula is C15H21N5O4S2. The second-order valence-electron chi connectivity index (χ2n) is 6.14. The molecule has 0 saturated heterocycles. The molecule has 2 aromatic heterocycles. The Labute approximate surface area is 155 Å². The third kappa shape index (κ3) is 4.47. The lowest BCUT2D eigenvalue weighted by molar-refractivity contribution is -0.127. The van der Waals surface area contributed by atoms with Crippen LogP contribution >= 0.6 is 11.3 Å². The van der Waals surface area contributed by atoms with Gasteiger partial charge in [-0.25, -0.2) is 18.1 Å². The summed E-state index contributed by atoms with van der Waals surface area (Å²) in [6.07, 6.45) is 3.89. The highest BCUT2D eigenvalue weighted by Crippen LogP contribution is 2.28. The van der Waals surface area contributed by atoms with E-state index < -0.39 is 16.1 Å². The largest absolute Gasteiger partial charge is 0.380 e. The van der Waals surface area contributed by atoms with Gasteiger partial charge in [0.1, 0.15) is 4.90 Å². The molecule has 2 aromatic rings. The Morgan fingerprint density at radius 1 is 1.46 bits per heavy atom. The van der Waals surface area contributed by atoms with Crippen LogP contribution in [0.2, 0.25) is 0 Å². The average molecular weight is 399 g/mol. The lowest BCUT2D eigenvalue weighted by Gasteiger charge is -2.34. The predicted octanol–water partition coefficient (Wildman–Crippen LogP) is 0.645. The number of ether oxygens (including phenoxy) is 1. The van der Waals surface area contributed by atoms with Gasteiger partial charge in [0.05, 0.1) is 30.1 Å². The molecule has 1 saturated carbocycles. The second kappa shape index (κ2) is 8.25. The Hall–Kier alpha value is -1.82. The summed E-state index contributed by atoms with van der Waals surface area (Å²) >= 11 is 1.47. The Bertz CT molecular complexity index is 807. The summed E-state index contributed by atoms with van der Waals surface area (Å²) in [5.41, 5.74) is 2.53. The first-order chi connectivity index (χ1) is 12.5. The molecule has 11 heteroatoms. The van der Waals surface area contributed by atoms with Gasteiger partial charge in [-0.15, -0.1) is 11.3 Å². The second-order valence-corrected chi connectivity index (χ2v) is 8.58. The molecule has 26 heavy (non-hydrogen) atoms. The van der Waals surface area contributed by atoms with E-state index in [4.69, 9.17) is 4.74 Å². The van der Waals surface area contributed by atoms with Crippen molar-refractivity contribution < 1.29 is 17.9 Å². The van der Waals surface area contributed by atoms with Crippen LogP contribution in [0.3, 0.4) is 0 Å². The SMILES string of the molecule is CO[C@@H]1CC[C@H](C(=O)NCc2cscn2)C[C@H]1NS(=O)(=O)c1cn[nH]c1. The number of rotatable bonds is 7. The highest BCUT2D eigenvalue weighted by Gasteiger charge is 2.36. The Balaban J connectivity index is 1.63. The normalized spacial score (nSPS) is 23.7. The van der Waals surface area contributed by atoms with Crippen molar-refractivity contribution in [1.29, 1.82) is 0 Å². The summed E-state index contributed by atoms with van der Waals surface area (Å²) in [5.74, 6) is -0.378. The van der Waals surface area contributed by atoms with Crippen LogP contribution < -0.4 is 10.0 Å². The Morgan fingerprint density at radius 2 is 2.31 bits per heavy atom. The fourth-order valence-electron chi connectivity index (χ4n) is 3.09. The first-order valence-corrected chi connectivity index (χ1v) is 10.6. The molecule has 9 nitrogen and oxygen atoms in total. The number of carbonyl (C=O) groups excluding carboxylic acids is 1. The molecule has 3 N–H and O–H groups in total. The molecule has 1 aliphatic rings. The standard InChI is InChI=1S/C15H21N5O4S2/c1-24-14-3-2-10(15(21)16-5-11-8-25-9-17-11)4-13(14)20-26(22,23)12-6-18-19-7-12/h6-10,13-14,20H,2-5H2,1H3,(H,16,21)(H,18,19)/t10-,13+,14+/m0/s1. The highest BCUT2D eigenvalue weighted by molar-refractivity contribution is 7.89. The Kier molecular flexibility index (Phi) is 6.01. The van der Waals surface area contributed by atoms with Crippen LogP contribution in [-0.2, 0) is 26.1 Å². The quantitative estimate of drug-likeness (QED) is 0.627. The zero-order chi connectivity index (χ0) is 18.6. The fraction of sp³-hybridized carbons (Fsp3) is 0.533. The molecule has 1 aliphatic carbocycles. The molecule has 3 rings (SSSR count). The molecule has 142 valence electrons. The number of nitrogens with zero attached hydrogens (tertiary/aromatic N) is 2. The molecule has 0 aromatic carbocycles. The van der Waals surface area contributed by atoms with Crippen LogP contribution in [-0.4, -0.2) is 48.8 Å². The van der Waals surface area contributed by atoms with Crippen molar-refractivity contribution >= 4 is 27.3 Å². The van der Waals surface area contributed by atoms with E-state index in [1.54, 1.807) is 12.6 Å². The molecule has 0 radical (unpaired) electrons. The van der Waals surface area contributed by atoms with Gasteiger partial charge in [0.2, 0.25) is 15.9 Å². The van der Waals surface area contributed by atoms with Crippen LogP contribution in [0.25, 0.3) is 0 Å². The van der Waals surface area contributed by atoms with Crippen molar-refractivity contribution in [2.45, 2.75) is 42.8 Å². The lowest BCUT2D eigenvalue weighted by Crippen LogP contribution is -2.50. The molecule has 3 atom stereocenters. The number of sulfonamides is 1. The first-order valence-electron chi connectivity index (χ1n) is 8.18. The summed E-state index contributed by atoms with van der Waals surface area (Å²) in [4.78, 5) is 16.7. The molecule has 0 spiro atoms. The topological polar surface area (TPSA) is 126 Å². The minimum atomic E-state index is -3.72. The van der Waals surface area contributed by atoms with E-state index in [1.807, 2.05) is 5.38 Å². The summed E-state index contributed by atoms with van der Waals surface area (Å²) in [6.45, 7) is 0.373. The number of aromatic nitrogens is 3. The summed E-state index contributed by atoms with van der Waals surface area (Å²) in [6, 6.07) is -0.483. The van der Waals surface area contributed by atoms with Crippen LogP contribution in [0.4, 0.5) is 0 Å². The molecule has 2 heterocycles. The minimum absolute atomic E-state index is 0.0578. The molecule has 1 fully saturated rings. The van der Waals surface area contributed by atoms with Crippen molar-refractivity contribution in [2.24, 2.45) is 5.92 Å². The summed E-state index contributed by atoms with van der Waals surface area (Å²) in [7, 11) is -2.17. The third-order valence-corrected chi connectivity index (χ3v) is 6.57. The Morgan fingerprint density at radius 3 is 2.96 bits per heavy atom. The van der Waals surface area contributed by atoms with Crippen LogP contribution in [0.15, 0.2) is 28.2 Å². The lowest BCUT2D eigenvalue weighted by atomic mass is 9.83. The smallest absolute Gasteiger partial charge is 0.244 e. The number of amides is 1. The maximum absolute atomic E-state index is 12.5. The van der Waals surface area contributed by atoms with E-state index >= 15 is 0 Å². The molecule has 0 bridgehead atoms. The summed E-state index contributed by atoms with van der Waals surface area (Å²) in [5, 5.41) is 10.9. The van der Waals surface area contributed by atoms with Gasteiger partial charge in [-0.05, 0) is 19.3 Å². The zero-order valence-corrected chi connectivity index (χ0v) is 15.8. The van der Waals surface area contributed by atoms with Gasteiger partial charge in [-0.3, -0.25) is 9.89 Å². The van der Waals surface area contributed by atoms with Crippen molar-refractivity contribution in [3.63, 3.8) is 0 Å². The number of hydrogen-bond acceptors (Lipinski definition) is 7. The number of H-pyrrole nitrogens is 1. The van der Waals surface area contributed by atoms with E-state index in [-0.39, 0.29) is 22.8 Å². The van der Waals surface area contributed by atoms with E-state index in [0.717, 1.165) is 5.69 Å². The number of methoxy groups -OCH3 is 1. The van der Waals surface area contributed by atoms with Crippen molar-refractivity contribution in [1.82, 2.24) is 25.2 Å². The number of nitrogens with one attached hydrogen (secondary N) is 3. The van der Waals surface area contributed by atoms with Crippen molar-refractivity contribution in [2.75, 3.05) is 7.11 Å². The number of aromatic amines is 1. The van der Waals surface area contributed by atoms with Gasteiger partial charge in [-0.2, -0.15) is 5.10 Å². The summed E-state index contributed by atoms with van der Waals surface area (Å²) < 4.78 is 33.0. The number of carbonyl (C=O) groups is 1. The molecular weight excluding hydrogens is 378 g/mol. The van der Waals surface area contributed by atoms with E-state index in [2.05, 4.69) is 25.2 Å². The van der Waals surface area contributed by atoms with Gasteiger partial charge in [0.15, 0.2) is 0 Å². The monoisotopic (exact) mass is 399 g/mol. The van der Waals surface area contributed by atoms with Crippen LogP contribution in [0.5, 0.6) is 0 Å². The zero-order valence-electron chi connectivity index (χ0n) is 14.2. The maximum Gasteiger partial charge on any atom is 0.244 e. The van der Waals surface area contributed by atoms with Crippen LogP contribution in [0.1, 0.15) is 25.0 Å². The number of thiazole rings is 1. The van der Waals surface area contributed by atoms with Gasteiger partial charge >= 0.3 is 0 Å². The first kappa shape index (κ1) is 19.0. The van der Waals surface area contributed by atoms with Gasteiger partial charge < -0.3 is 10.1 Å². The predicted molar refractivity (Wildman–Crippen MR) is 94.8 cm³/mol. The highest BCUT2D eigenvalue weighted by atomic mass is 32.2. The number of hydrogen-bond donors (Lipinski definition) is 3. The molecule has 0 aliphatic heterocycles. The molecule has 0 unspecified atom stereocenters. The van der Waals surface area contributed by atoms with Gasteiger partial charge in [0, 0.05) is 30.6 Å². The van der Waals surface area contributed by atoms with E-state index in [0.29, 0.717) is 25.8 Å². The minimum Gasteiger partial charge on any atom is -0.380 e. The maximum atomic E-state index is 12.5.